The van der Waals surface area contributed by atoms with E-state index in [0.717, 1.165) is 0 Å². The van der Waals surface area contributed by atoms with Crippen LogP contribution >= 0.6 is 0 Å². The van der Waals surface area contributed by atoms with E-state index in [1.165, 1.54) is 18.5 Å². The van der Waals surface area contributed by atoms with Crippen LogP contribution in [0.1, 0.15) is 6.92 Å². The summed E-state index contributed by atoms with van der Waals surface area (Å²) in [6, 6.07) is 9.79. The summed E-state index contributed by atoms with van der Waals surface area (Å²) >= 11 is 0. The summed E-state index contributed by atoms with van der Waals surface area (Å²) in [6.07, 6.45) is -1.88. The molecular weight excluding hydrogens is 290 g/mol. The lowest BCUT2D eigenvalue weighted by atomic mass is 10.1. The molecule has 0 amide bonds. The van der Waals surface area contributed by atoms with Crippen molar-refractivity contribution >= 4 is 16.9 Å². The van der Waals surface area contributed by atoms with Crippen LogP contribution in [0.2, 0.25) is 0 Å². The Morgan fingerprint density at radius 1 is 1.14 bits per heavy atom. The Kier molecular flexibility index (Phi) is 3.32. The summed E-state index contributed by atoms with van der Waals surface area (Å²) in [5.74, 6) is 0.323. The van der Waals surface area contributed by atoms with E-state index in [2.05, 4.69) is 19.7 Å². The van der Waals surface area contributed by atoms with Gasteiger partial charge in [0.15, 0.2) is 5.82 Å². The van der Waals surface area contributed by atoms with E-state index in [-0.39, 0.29) is 11.6 Å². The Bertz CT molecular complexity index is 833. The molecule has 7 heteroatoms. The van der Waals surface area contributed by atoms with Crippen molar-refractivity contribution in [1.82, 2.24) is 15.0 Å². The molecule has 0 bridgehead atoms. The van der Waals surface area contributed by atoms with Gasteiger partial charge in [-0.05, 0) is 24.3 Å². The molecule has 0 spiro atoms. The minimum absolute atomic E-state index is 0.0594. The minimum Gasteiger partial charge on any atom is -0.433 e. The predicted octanol–water partition coefficient (Wildman–Crippen LogP) is 3.27. The molecule has 2 heterocycles. The van der Waals surface area contributed by atoms with Crippen molar-refractivity contribution in [3.05, 3.63) is 42.7 Å². The second-order valence-electron chi connectivity index (χ2n) is 4.76. The third-order valence-electron chi connectivity index (χ3n) is 2.94. The predicted molar refractivity (Wildman–Crippen MR) is 78.4 cm³/mol. The van der Waals surface area contributed by atoms with Crippen LogP contribution in [0, 0.1) is 0 Å². The van der Waals surface area contributed by atoms with Gasteiger partial charge in [-0.2, -0.15) is 8.78 Å². The van der Waals surface area contributed by atoms with Gasteiger partial charge in [0.1, 0.15) is 17.6 Å². The number of halogens is 2. The molecule has 0 saturated heterocycles. The SMILES string of the molecule is CC(F)(F)Oc1cccc(-c2ccc3ncnc(N)c3n2)c1. The van der Waals surface area contributed by atoms with Crippen LogP contribution in [-0.2, 0) is 0 Å². The topological polar surface area (TPSA) is 73.9 Å². The lowest BCUT2D eigenvalue weighted by Gasteiger charge is -2.13. The van der Waals surface area contributed by atoms with E-state index in [9.17, 15) is 8.78 Å². The molecule has 112 valence electrons. The molecule has 2 N–H and O–H groups in total. The first-order valence-electron chi connectivity index (χ1n) is 6.47. The van der Waals surface area contributed by atoms with Crippen molar-refractivity contribution in [2.45, 2.75) is 13.0 Å². The van der Waals surface area contributed by atoms with Crippen LogP contribution in [0.25, 0.3) is 22.3 Å². The van der Waals surface area contributed by atoms with E-state index in [1.54, 1.807) is 24.3 Å². The zero-order valence-corrected chi connectivity index (χ0v) is 11.6. The molecule has 0 fully saturated rings. The molecule has 0 saturated carbocycles. The lowest BCUT2D eigenvalue weighted by Crippen LogP contribution is -2.19. The number of nitrogen functional groups attached to an aromatic ring is 1. The van der Waals surface area contributed by atoms with Crippen LogP contribution in [0.5, 0.6) is 5.75 Å². The molecule has 5 nitrogen and oxygen atoms in total. The molecule has 22 heavy (non-hydrogen) atoms. The highest BCUT2D eigenvalue weighted by Crippen LogP contribution is 2.27. The minimum atomic E-state index is -3.24. The van der Waals surface area contributed by atoms with Crippen molar-refractivity contribution in [1.29, 1.82) is 0 Å². The summed E-state index contributed by atoms with van der Waals surface area (Å²) in [5.41, 5.74) is 8.06. The lowest BCUT2D eigenvalue weighted by molar-refractivity contribution is -0.158. The number of rotatable bonds is 3. The molecule has 3 aromatic rings. The van der Waals surface area contributed by atoms with Gasteiger partial charge in [-0.15, -0.1) is 0 Å². The summed E-state index contributed by atoms with van der Waals surface area (Å²) in [7, 11) is 0. The quantitative estimate of drug-likeness (QED) is 0.803. The van der Waals surface area contributed by atoms with Crippen LogP contribution in [0.4, 0.5) is 14.6 Å². The number of ether oxygens (including phenoxy) is 1. The average molecular weight is 302 g/mol. The van der Waals surface area contributed by atoms with E-state index in [1.807, 2.05) is 0 Å². The van der Waals surface area contributed by atoms with Gasteiger partial charge in [0, 0.05) is 12.5 Å². The molecule has 1 aromatic carbocycles. The van der Waals surface area contributed by atoms with Gasteiger partial charge >= 0.3 is 6.11 Å². The monoisotopic (exact) mass is 302 g/mol. The Hall–Kier alpha value is -2.83. The highest BCUT2D eigenvalue weighted by atomic mass is 19.3. The summed E-state index contributed by atoms with van der Waals surface area (Å²) in [5, 5.41) is 0. The number of anilines is 1. The van der Waals surface area contributed by atoms with Gasteiger partial charge in [0.2, 0.25) is 0 Å². The molecule has 0 aliphatic rings. The fraction of sp³-hybridized carbons (Fsp3) is 0.133. The number of fused-ring (bicyclic) bond motifs is 1. The molecular formula is C15H12F2N4O. The smallest absolute Gasteiger partial charge is 0.394 e. The normalized spacial score (nSPS) is 11.6. The number of pyridine rings is 1. The highest BCUT2D eigenvalue weighted by molar-refractivity contribution is 5.85. The van der Waals surface area contributed by atoms with Gasteiger partial charge < -0.3 is 10.5 Å². The number of aromatic nitrogens is 3. The van der Waals surface area contributed by atoms with Crippen LogP contribution in [0.15, 0.2) is 42.7 Å². The van der Waals surface area contributed by atoms with Gasteiger partial charge in [0.25, 0.3) is 0 Å². The molecule has 0 aliphatic heterocycles. The van der Waals surface area contributed by atoms with Crippen molar-refractivity contribution in [2.24, 2.45) is 0 Å². The number of alkyl halides is 2. The van der Waals surface area contributed by atoms with E-state index in [4.69, 9.17) is 5.73 Å². The summed E-state index contributed by atoms with van der Waals surface area (Å²) < 4.78 is 30.4. The Morgan fingerprint density at radius 2 is 1.95 bits per heavy atom. The van der Waals surface area contributed by atoms with Gasteiger partial charge in [-0.3, -0.25) is 0 Å². The maximum Gasteiger partial charge on any atom is 0.394 e. The number of benzene rings is 1. The summed E-state index contributed by atoms with van der Waals surface area (Å²) in [6.45, 7) is 0.686. The number of nitrogens with zero attached hydrogens (tertiary/aromatic N) is 3. The zero-order chi connectivity index (χ0) is 15.7. The first-order chi connectivity index (χ1) is 10.4. The number of hydrogen-bond donors (Lipinski definition) is 1. The van der Waals surface area contributed by atoms with Gasteiger partial charge in [-0.25, -0.2) is 15.0 Å². The van der Waals surface area contributed by atoms with Gasteiger partial charge in [-0.1, -0.05) is 12.1 Å². The number of nitrogens with two attached hydrogens (primary N) is 1. The second kappa shape index (κ2) is 5.18. The van der Waals surface area contributed by atoms with Crippen LogP contribution in [0.3, 0.4) is 0 Å². The zero-order valence-electron chi connectivity index (χ0n) is 11.6. The van der Waals surface area contributed by atoms with Crippen molar-refractivity contribution in [3.63, 3.8) is 0 Å². The molecule has 3 rings (SSSR count). The van der Waals surface area contributed by atoms with Gasteiger partial charge in [0.05, 0.1) is 11.2 Å². The maximum absolute atomic E-state index is 12.9. The molecule has 0 unspecified atom stereocenters. The Labute approximate surface area is 124 Å². The fourth-order valence-corrected chi connectivity index (χ4v) is 2.05. The van der Waals surface area contributed by atoms with Crippen molar-refractivity contribution in [3.8, 4) is 17.0 Å². The third kappa shape index (κ3) is 2.93. The first-order valence-corrected chi connectivity index (χ1v) is 6.47. The highest BCUT2D eigenvalue weighted by Gasteiger charge is 2.23. The first kappa shape index (κ1) is 14.1. The van der Waals surface area contributed by atoms with Crippen molar-refractivity contribution < 1.29 is 13.5 Å². The van der Waals surface area contributed by atoms with E-state index in [0.29, 0.717) is 29.2 Å². The maximum atomic E-state index is 12.9. The van der Waals surface area contributed by atoms with E-state index < -0.39 is 6.11 Å². The van der Waals surface area contributed by atoms with Crippen LogP contribution < -0.4 is 10.5 Å². The average Bonchev–Trinajstić information content (AvgIpc) is 2.46. The molecule has 0 aliphatic carbocycles. The second-order valence-corrected chi connectivity index (χ2v) is 4.76. The fourth-order valence-electron chi connectivity index (χ4n) is 2.05. The standard InChI is InChI=1S/C15H12F2N4O/c1-15(16,17)22-10-4-2-3-9(7-10)11-5-6-12-13(21-11)14(18)20-8-19-12/h2-8H,1H3,(H2,18,19,20). The molecule has 0 atom stereocenters. The largest absolute Gasteiger partial charge is 0.433 e. The third-order valence-corrected chi connectivity index (χ3v) is 2.94. The van der Waals surface area contributed by atoms with Crippen LogP contribution in [-0.4, -0.2) is 21.1 Å². The Balaban J connectivity index is 2.04. The molecule has 0 radical (unpaired) electrons. The van der Waals surface area contributed by atoms with Crippen molar-refractivity contribution in [2.75, 3.05) is 5.73 Å². The number of hydrogen-bond acceptors (Lipinski definition) is 5. The summed E-state index contributed by atoms with van der Waals surface area (Å²) in [4.78, 5) is 12.3. The van der Waals surface area contributed by atoms with E-state index >= 15 is 0 Å². The Morgan fingerprint density at radius 3 is 2.73 bits per heavy atom. The molecule has 2 aromatic heterocycles.